The first-order valence-corrected chi connectivity index (χ1v) is 6.75. The largest absolute Gasteiger partial charge is 0.306 e. The van der Waals surface area contributed by atoms with Crippen molar-refractivity contribution >= 4 is 27.9 Å². The second-order valence-corrected chi connectivity index (χ2v) is 5.22. The van der Waals surface area contributed by atoms with Crippen molar-refractivity contribution in [2.45, 2.75) is 0 Å². The Morgan fingerprint density at radius 1 is 1.16 bits per heavy atom. The van der Waals surface area contributed by atoms with E-state index in [1.165, 1.54) is 0 Å². The van der Waals surface area contributed by atoms with Gasteiger partial charge in [-0.05, 0) is 23.6 Å². The van der Waals surface area contributed by atoms with Gasteiger partial charge >= 0.3 is 0 Å². The SMILES string of the molecule is O=c1[nH]c2cc(-c3cccs3)nn2c2ccccc12. The van der Waals surface area contributed by atoms with E-state index in [9.17, 15) is 4.79 Å². The van der Waals surface area contributed by atoms with E-state index in [1.54, 1.807) is 21.9 Å². The van der Waals surface area contributed by atoms with Gasteiger partial charge in [-0.2, -0.15) is 5.10 Å². The van der Waals surface area contributed by atoms with E-state index in [1.807, 2.05) is 41.8 Å². The Hall–Kier alpha value is -2.40. The lowest BCUT2D eigenvalue weighted by atomic mass is 10.2. The third-order valence-corrected chi connectivity index (χ3v) is 3.99. The van der Waals surface area contributed by atoms with Gasteiger partial charge in [-0.1, -0.05) is 18.2 Å². The van der Waals surface area contributed by atoms with Crippen LogP contribution in [0.3, 0.4) is 0 Å². The maximum atomic E-state index is 12.0. The Morgan fingerprint density at radius 2 is 2.05 bits per heavy atom. The molecule has 0 saturated carbocycles. The summed E-state index contributed by atoms with van der Waals surface area (Å²) in [5.41, 5.74) is 2.33. The van der Waals surface area contributed by atoms with Crippen LogP contribution in [-0.2, 0) is 0 Å². The fraction of sp³-hybridized carbons (Fsp3) is 0. The molecule has 19 heavy (non-hydrogen) atoms. The van der Waals surface area contributed by atoms with E-state index in [2.05, 4.69) is 10.1 Å². The average molecular weight is 267 g/mol. The quantitative estimate of drug-likeness (QED) is 0.576. The highest BCUT2D eigenvalue weighted by molar-refractivity contribution is 7.13. The molecule has 1 N–H and O–H groups in total. The van der Waals surface area contributed by atoms with Crippen LogP contribution in [-0.4, -0.2) is 14.6 Å². The lowest BCUT2D eigenvalue weighted by Crippen LogP contribution is -2.09. The highest BCUT2D eigenvalue weighted by atomic mass is 32.1. The summed E-state index contributed by atoms with van der Waals surface area (Å²) in [6, 6.07) is 13.4. The van der Waals surface area contributed by atoms with Crippen LogP contribution in [0.25, 0.3) is 27.1 Å². The van der Waals surface area contributed by atoms with E-state index in [4.69, 9.17) is 0 Å². The van der Waals surface area contributed by atoms with Crippen LogP contribution in [0, 0.1) is 0 Å². The molecule has 0 aliphatic rings. The predicted octanol–water partition coefficient (Wildman–Crippen LogP) is 2.90. The summed E-state index contributed by atoms with van der Waals surface area (Å²) in [7, 11) is 0. The number of hydrogen-bond donors (Lipinski definition) is 1. The summed E-state index contributed by atoms with van der Waals surface area (Å²) in [6.07, 6.45) is 0. The van der Waals surface area contributed by atoms with Gasteiger partial charge in [0, 0.05) is 6.07 Å². The first-order valence-electron chi connectivity index (χ1n) is 5.87. The molecule has 0 atom stereocenters. The van der Waals surface area contributed by atoms with Gasteiger partial charge in [-0.25, -0.2) is 4.52 Å². The number of thiophene rings is 1. The van der Waals surface area contributed by atoms with Crippen molar-refractivity contribution in [3.05, 3.63) is 58.2 Å². The Bertz CT molecular complexity index is 934. The highest BCUT2D eigenvalue weighted by Gasteiger charge is 2.09. The van der Waals surface area contributed by atoms with E-state index in [0.717, 1.165) is 16.1 Å². The molecule has 5 heteroatoms. The molecule has 3 heterocycles. The van der Waals surface area contributed by atoms with Crippen molar-refractivity contribution in [3.63, 3.8) is 0 Å². The maximum absolute atomic E-state index is 12.0. The van der Waals surface area contributed by atoms with Gasteiger partial charge in [0.25, 0.3) is 5.56 Å². The monoisotopic (exact) mass is 267 g/mol. The summed E-state index contributed by atoms with van der Waals surface area (Å²) in [5.74, 6) is 0. The van der Waals surface area contributed by atoms with Crippen molar-refractivity contribution in [3.8, 4) is 10.6 Å². The molecule has 92 valence electrons. The number of fused-ring (bicyclic) bond motifs is 3. The molecular weight excluding hydrogens is 258 g/mol. The number of aromatic nitrogens is 3. The first kappa shape index (κ1) is 10.5. The zero-order valence-electron chi connectivity index (χ0n) is 9.83. The second-order valence-electron chi connectivity index (χ2n) is 4.28. The summed E-state index contributed by atoms with van der Waals surface area (Å²) in [6.45, 7) is 0. The maximum Gasteiger partial charge on any atom is 0.259 e. The standard InChI is InChI=1S/C14H9N3OS/c18-14-9-4-1-2-5-11(9)17-13(15-14)8-10(16-17)12-6-3-7-19-12/h1-8H,(H,15,18). The van der Waals surface area contributed by atoms with E-state index in [-0.39, 0.29) is 5.56 Å². The third kappa shape index (κ3) is 1.52. The Morgan fingerprint density at radius 3 is 2.89 bits per heavy atom. The van der Waals surface area contributed by atoms with Gasteiger partial charge < -0.3 is 4.98 Å². The number of H-pyrrole nitrogens is 1. The van der Waals surface area contributed by atoms with Crippen LogP contribution in [0.2, 0.25) is 0 Å². The fourth-order valence-corrected chi connectivity index (χ4v) is 2.91. The van der Waals surface area contributed by atoms with Crippen molar-refractivity contribution in [2.75, 3.05) is 0 Å². The van der Waals surface area contributed by atoms with Crippen LogP contribution in [0.5, 0.6) is 0 Å². The molecule has 0 amide bonds. The summed E-state index contributed by atoms with van der Waals surface area (Å²) >= 11 is 1.63. The third-order valence-electron chi connectivity index (χ3n) is 3.10. The minimum absolute atomic E-state index is 0.0827. The highest BCUT2D eigenvalue weighted by Crippen LogP contribution is 2.24. The molecule has 0 saturated heterocycles. The molecule has 0 aliphatic carbocycles. The van der Waals surface area contributed by atoms with E-state index >= 15 is 0 Å². The zero-order chi connectivity index (χ0) is 12.8. The van der Waals surface area contributed by atoms with E-state index < -0.39 is 0 Å². The average Bonchev–Trinajstić information content (AvgIpc) is 3.07. The summed E-state index contributed by atoms with van der Waals surface area (Å²) < 4.78 is 1.78. The number of benzene rings is 1. The molecule has 3 aromatic heterocycles. The van der Waals surface area contributed by atoms with Crippen LogP contribution in [0.15, 0.2) is 52.6 Å². The smallest absolute Gasteiger partial charge is 0.259 e. The van der Waals surface area contributed by atoms with Crippen LogP contribution in [0.1, 0.15) is 0 Å². The Balaban J connectivity index is 2.14. The summed E-state index contributed by atoms with van der Waals surface area (Å²) in [5, 5.41) is 7.24. The normalized spacial score (nSPS) is 11.4. The van der Waals surface area contributed by atoms with Crippen LogP contribution < -0.4 is 5.56 Å². The number of aromatic amines is 1. The van der Waals surface area contributed by atoms with Crippen LogP contribution >= 0.6 is 11.3 Å². The molecule has 4 aromatic rings. The van der Waals surface area contributed by atoms with Gasteiger partial charge in [0.2, 0.25) is 0 Å². The zero-order valence-corrected chi connectivity index (χ0v) is 10.6. The van der Waals surface area contributed by atoms with Gasteiger partial charge in [0.05, 0.1) is 15.8 Å². The molecular formula is C14H9N3OS. The van der Waals surface area contributed by atoms with Gasteiger partial charge in [0.1, 0.15) is 11.3 Å². The first-order chi connectivity index (χ1) is 9.33. The minimum atomic E-state index is -0.0827. The van der Waals surface area contributed by atoms with Gasteiger partial charge in [0.15, 0.2) is 0 Å². The molecule has 1 aromatic carbocycles. The molecule has 4 rings (SSSR count). The Kier molecular flexibility index (Phi) is 2.10. The molecule has 4 nitrogen and oxygen atoms in total. The van der Waals surface area contributed by atoms with Crippen molar-refractivity contribution < 1.29 is 0 Å². The van der Waals surface area contributed by atoms with E-state index in [0.29, 0.717) is 11.0 Å². The molecule has 0 aliphatic heterocycles. The number of nitrogens with one attached hydrogen (secondary N) is 1. The fourth-order valence-electron chi connectivity index (χ4n) is 2.23. The lowest BCUT2D eigenvalue weighted by molar-refractivity contribution is 0.982. The van der Waals surface area contributed by atoms with Crippen molar-refractivity contribution in [1.29, 1.82) is 0 Å². The molecule has 0 spiro atoms. The predicted molar refractivity (Wildman–Crippen MR) is 76.6 cm³/mol. The number of nitrogens with zero attached hydrogens (tertiary/aromatic N) is 2. The van der Waals surface area contributed by atoms with Crippen molar-refractivity contribution in [2.24, 2.45) is 0 Å². The number of hydrogen-bond acceptors (Lipinski definition) is 3. The minimum Gasteiger partial charge on any atom is -0.306 e. The van der Waals surface area contributed by atoms with Gasteiger partial charge in [-0.15, -0.1) is 11.3 Å². The number of para-hydroxylation sites is 1. The molecule has 0 bridgehead atoms. The van der Waals surface area contributed by atoms with Crippen LogP contribution in [0.4, 0.5) is 0 Å². The second kappa shape index (κ2) is 3.80. The summed E-state index contributed by atoms with van der Waals surface area (Å²) in [4.78, 5) is 16.0. The Labute approximate surface area is 111 Å². The molecule has 0 fully saturated rings. The number of rotatable bonds is 1. The van der Waals surface area contributed by atoms with Crippen molar-refractivity contribution in [1.82, 2.24) is 14.6 Å². The molecule has 0 unspecified atom stereocenters. The topological polar surface area (TPSA) is 50.2 Å². The molecule has 0 radical (unpaired) electrons. The van der Waals surface area contributed by atoms with Gasteiger partial charge in [-0.3, -0.25) is 4.79 Å². The lowest BCUT2D eigenvalue weighted by Gasteiger charge is -1.99.